The Labute approximate surface area is 211 Å². The molecular formula is C26H46N4O3S. The second-order valence-corrected chi connectivity index (χ2v) is 11.8. The number of likely N-dealkylation sites (tertiary alicyclic amines) is 1. The molecule has 8 heteroatoms. The molecule has 0 aliphatic carbocycles. The Kier molecular flexibility index (Phi) is 10.9. The summed E-state index contributed by atoms with van der Waals surface area (Å²) in [5.41, 5.74) is 0.667. The summed E-state index contributed by atoms with van der Waals surface area (Å²) >= 11 is 1.76. The average Bonchev–Trinajstić information content (AvgIpc) is 3.33. The molecule has 34 heavy (non-hydrogen) atoms. The van der Waals surface area contributed by atoms with Crippen LogP contribution in [0.4, 0.5) is 0 Å². The maximum absolute atomic E-state index is 13.6. The molecule has 2 aliphatic rings. The maximum atomic E-state index is 13.6. The minimum atomic E-state index is -0.603. The summed E-state index contributed by atoms with van der Waals surface area (Å²) in [6.07, 6.45) is 4.89. The normalized spacial score (nSPS) is 21.8. The van der Waals surface area contributed by atoms with Crippen molar-refractivity contribution in [2.75, 3.05) is 31.8 Å². The van der Waals surface area contributed by atoms with Gasteiger partial charge in [-0.15, -0.1) is 11.8 Å². The highest BCUT2D eigenvalue weighted by atomic mass is 32.2. The van der Waals surface area contributed by atoms with Gasteiger partial charge in [0.15, 0.2) is 0 Å². The van der Waals surface area contributed by atoms with Crippen LogP contribution in [0.1, 0.15) is 67.7 Å². The first-order valence-electron chi connectivity index (χ1n) is 12.8. The van der Waals surface area contributed by atoms with Crippen LogP contribution in [0, 0.1) is 11.8 Å². The number of piperidine rings is 1. The minimum absolute atomic E-state index is 0.0382. The lowest BCUT2D eigenvalue weighted by atomic mass is 9.95. The van der Waals surface area contributed by atoms with Gasteiger partial charge in [0.25, 0.3) is 0 Å². The van der Waals surface area contributed by atoms with E-state index in [9.17, 15) is 14.4 Å². The number of thioether (sulfide) groups is 1. The van der Waals surface area contributed by atoms with Gasteiger partial charge in [0, 0.05) is 31.0 Å². The highest BCUT2D eigenvalue weighted by Crippen LogP contribution is 2.22. The van der Waals surface area contributed by atoms with E-state index >= 15 is 0 Å². The monoisotopic (exact) mass is 494 g/mol. The molecule has 0 spiro atoms. The summed E-state index contributed by atoms with van der Waals surface area (Å²) in [4.78, 5) is 45.6. The maximum Gasteiger partial charge on any atom is 0.249 e. The van der Waals surface area contributed by atoms with Gasteiger partial charge < -0.3 is 15.1 Å². The number of likely N-dealkylation sites (N-methyl/N-ethyl adjacent to an activating group) is 1. The van der Waals surface area contributed by atoms with Crippen molar-refractivity contribution in [3.05, 3.63) is 11.6 Å². The van der Waals surface area contributed by atoms with Gasteiger partial charge >= 0.3 is 0 Å². The molecule has 1 N–H and O–H groups in total. The zero-order chi connectivity index (χ0) is 25.6. The van der Waals surface area contributed by atoms with E-state index in [-0.39, 0.29) is 47.7 Å². The van der Waals surface area contributed by atoms with E-state index in [1.165, 1.54) is 0 Å². The largest absolute Gasteiger partial charge is 0.343 e. The molecule has 2 heterocycles. The molecule has 3 amide bonds. The van der Waals surface area contributed by atoms with Gasteiger partial charge in [-0.25, -0.2) is 0 Å². The predicted molar refractivity (Wildman–Crippen MR) is 140 cm³/mol. The van der Waals surface area contributed by atoms with Crippen LogP contribution in [-0.4, -0.2) is 88.4 Å². The standard InChI is InChI=1S/C26H46N4O3S/c1-17(2)22(15-20(7)25(32)29-13-14-34-16-29)28(8)26(33)23(18(3)4)27-24(31)21-11-9-10-12-30(21)19(5)6/h15,17-19,21-23H,9-14,16H2,1-8H3,(H,27,31)/b20-15+. The second kappa shape index (κ2) is 13.0. The lowest BCUT2D eigenvalue weighted by Gasteiger charge is -2.39. The summed E-state index contributed by atoms with van der Waals surface area (Å²) in [5, 5.41) is 3.10. The molecule has 0 radical (unpaired) electrons. The topological polar surface area (TPSA) is 73.0 Å². The minimum Gasteiger partial charge on any atom is -0.343 e. The Hall–Kier alpha value is -1.54. The molecule has 3 atom stereocenters. The van der Waals surface area contributed by atoms with Crippen molar-refractivity contribution < 1.29 is 14.4 Å². The molecule has 2 saturated heterocycles. The third-order valence-corrected chi connectivity index (χ3v) is 7.98. The number of carbonyl (C=O) groups excluding carboxylic acids is 3. The number of amides is 3. The lowest BCUT2D eigenvalue weighted by molar-refractivity contribution is -0.140. The van der Waals surface area contributed by atoms with E-state index in [1.807, 2.05) is 31.7 Å². The Morgan fingerprint density at radius 1 is 1.03 bits per heavy atom. The summed E-state index contributed by atoms with van der Waals surface area (Å²) in [6, 6.07) is -0.732. The number of hydrogen-bond acceptors (Lipinski definition) is 5. The molecule has 2 fully saturated rings. The molecule has 194 valence electrons. The van der Waals surface area contributed by atoms with E-state index in [0.29, 0.717) is 5.57 Å². The van der Waals surface area contributed by atoms with Crippen LogP contribution in [0.15, 0.2) is 11.6 Å². The highest BCUT2D eigenvalue weighted by molar-refractivity contribution is 7.99. The Morgan fingerprint density at radius 2 is 1.71 bits per heavy atom. The van der Waals surface area contributed by atoms with Crippen molar-refractivity contribution in [2.45, 2.75) is 91.9 Å². The van der Waals surface area contributed by atoms with E-state index in [4.69, 9.17) is 0 Å². The van der Waals surface area contributed by atoms with Crippen molar-refractivity contribution in [3.63, 3.8) is 0 Å². The van der Waals surface area contributed by atoms with Crippen molar-refractivity contribution in [1.29, 1.82) is 0 Å². The van der Waals surface area contributed by atoms with Gasteiger partial charge in [0.1, 0.15) is 6.04 Å². The highest BCUT2D eigenvalue weighted by Gasteiger charge is 2.36. The molecular weight excluding hydrogens is 448 g/mol. The van der Waals surface area contributed by atoms with Gasteiger partial charge in [0.2, 0.25) is 17.7 Å². The van der Waals surface area contributed by atoms with Crippen LogP contribution in [0.25, 0.3) is 0 Å². The van der Waals surface area contributed by atoms with Gasteiger partial charge in [-0.3, -0.25) is 19.3 Å². The van der Waals surface area contributed by atoms with Crippen LogP contribution in [0.3, 0.4) is 0 Å². The van der Waals surface area contributed by atoms with E-state index in [0.717, 1.165) is 44.0 Å². The molecule has 7 nitrogen and oxygen atoms in total. The van der Waals surface area contributed by atoms with Crippen LogP contribution in [0.5, 0.6) is 0 Å². The fourth-order valence-electron chi connectivity index (χ4n) is 4.89. The van der Waals surface area contributed by atoms with Gasteiger partial charge in [-0.1, -0.05) is 40.2 Å². The Bertz CT molecular complexity index is 746. The summed E-state index contributed by atoms with van der Waals surface area (Å²) < 4.78 is 0. The molecule has 0 bridgehead atoms. The first kappa shape index (κ1) is 28.7. The van der Waals surface area contributed by atoms with Crippen molar-refractivity contribution >= 4 is 29.5 Å². The number of nitrogens with one attached hydrogen (secondary N) is 1. The number of hydrogen-bond donors (Lipinski definition) is 1. The molecule has 0 aromatic rings. The van der Waals surface area contributed by atoms with Crippen LogP contribution >= 0.6 is 11.8 Å². The molecule has 0 saturated carbocycles. The summed E-state index contributed by atoms with van der Waals surface area (Å²) in [7, 11) is 1.79. The zero-order valence-electron chi connectivity index (χ0n) is 22.5. The lowest BCUT2D eigenvalue weighted by Crippen LogP contribution is -2.58. The van der Waals surface area contributed by atoms with Gasteiger partial charge in [-0.05, 0) is 52.0 Å². The SMILES string of the molecule is C/C(=C\C(C(C)C)N(C)C(=O)C(NC(=O)C1CCCCN1C(C)C)C(C)C)C(=O)N1CCSC1. The fraction of sp³-hybridized carbons (Fsp3) is 0.808. The molecule has 0 aromatic carbocycles. The summed E-state index contributed by atoms with van der Waals surface area (Å²) in [6.45, 7) is 15.8. The molecule has 0 aromatic heterocycles. The number of carbonyl (C=O) groups is 3. The molecule has 2 rings (SSSR count). The first-order valence-corrected chi connectivity index (χ1v) is 14.0. The predicted octanol–water partition coefficient (Wildman–Crippen LogP) is 3.35. The van der Waals surface area contributed by atoms with Gasteiger partial charge in [-0.2, -0.15) is 0 Å². The van der Waals surface area contributed by atoms with E-state index < -0.39 is 6.04 Å². The van der Waals surface area contributed by atoms with Crippen molar-refractivity contribution in [1.82, 2.24) is 20.0 Å². The van der Waals surface area contributed by atoms with Crippen LogP contribution in [0.2, 0.25) is 0 Å². The van der Waals surface area contributed by atoms with Crippen LogP contribution in [-0.2, 0) is 14.4 Å². The fourth-order valence-corrected chi connectivity index (χ4v) is 5.83. The first-order chi connectivity index (χ1) is 16.0. The van der Waals surface area contributed by atoms with Crippen molar-refractivity contribution in [2.24, 2.45) is 11.8 Å². The zero-order valence-corrected chi connectivity index (χ0v) is 23.3. The van der Waals surface area contributed by atoms with Crippen LogP contribution < -0.4 is 5.32 Å². The van der Waals surface area contributed by atoms with Crippen molar-refractivity contribution in [3.8, 4) is 0 Å². The third-order valence-electron chi connectivity index (χ3n) is 7.02. The smallest absolute Gasteiger partial charge is 0.249 e. The second-order valence-electron chi connectivity index (χ2n) is 10.7. The average molecular weight is 495 g/mol. The Morgan fingerprint density at radius 3 is 2.24 bits per heavy atom. The van der Waals surface area contributed by atoms with Gasteiger partial charge in [0.05, 0.1) is 18.0 Å². The molecule has 2 aliphatic heterocycles. The molecule has 3 unspecified atom stereocenters. The quantitative estimate of drug-likeness (QED) is 0.498. The van der Waals surface area contributed by atoms with E-state index in [1.54, 1.807) is 23.7 Å². The van der Waals surface area contributed by atoms with E-state index in [2.05, 4.69) is 37.9 Å². The summed E-state index contributed by atoms with van der Waals surface area (Å²) in [5.74, 6) is 1.65. The third kappa shape index (κ3) is 7.23. The number of rotatable bonds is 9. The Balaban J connectivity index is 2.17. The number of nitrogens with zero attached hydrogens (tertiary/aromatic N) is 3.